The highest BCUT2D eigenvalue weighted by atomic mass is 35.5. The van der Waals surface area contributed by atoms with Gasteiger partial charge in [0.05, 0.1) is 9.94 Å². The zero-order chi connectivity index (χ0) is 8.93. The van der Waals surface area contributed by atoms with Crippen molar-refractivity contribution in [2.24, 2.45) is 5.92 Å². The predicted molar refractivity (Wildman–Crippen MR) is 52.0 cm³/mol. The van der Waals surface area contributed by atoms with Gasteiger partial charge in [-0.1, -0.05) is 30.1 Å². The average molecular weight is 223 g/mol. The molecule has 1 fully saturated rings. The first-order valence-electron chi connectivity index (χ1n) is 3.71. The van der Waals surface area contributed by atoms with Gasteiger partial charge in [0.25, 0.3) is 0 Å². The zero-order valence-electron chi connectivity index (χ0n) is 6.47. The van der Waals surface area contributed by atoms with Crippen molar-refractivity contribution in [3.63, 3.8) is 0 Å². The number of thiophene rings is 1. The third kappa shape index (κ3) is 1.18. The lowest BCUT2D eigenvalue weighted by Gasteiger charge is -2.06. The quantitative estimate of drug-likeness (QED) is 0.774. The topological polar surface area (TPSA) is 20.2 Å². The van der Waals surface area contributed by atoms with Crippen LogP contribution in [0.1, 0.15) is 18.9 Å². The Morgan fingerprint density at radius 1 is 1.67 bits per heavy atom. The predicted octanol–water partition coefficient (Wildman–Crippen LogP) is 3.28. The van der Waals surface area contributed by atoms with E-state index in [0.717, 1.165) is 12.0 Å². The molecule has 2 rings (SSSR count). The molecular weight excluding hydrogens is 215 g/mol. The van der Waals surface area contributed by atoms with Crippen LogP contribution in [0.4, 0.5) is 0 Å². The molecule has 1 aromatic heterocycles. The molecule has 0 saturated heterocycles. The van der Waals surface area contributed by atoms with Crippen LogP contribution < -0.4 is 0 Å². The van der Waals surface area contributed by atoms with E-state index in [4.69, 9.17) is 23.2 Å². The number of halogens is 2. The summed E-state index contributed by atoms with van der Waals surface area (Å²) in [6.45, 7) is 2.00. The van der Waals surface area contributed by atoms with Crippen molar-refractivity contribution in [1.29, 1.82) is 0 Å². The van der Waals surface area contributed by atoms with E-state index in [1.807, 2.05) is 6.92 Å². The number of aliphatic hydroxyl groups is 1. The van der Waals surface area contributed by atoms with Crippen LogP contribution in [0.3, 0.4) is 0 Å². The van der Waals surface area contributed by atoms with E-state index in [-0.39, 0.29) is 0 Å². The molecule has 2 unspecified atom stereocenters. The van der Waals surface area contributed by atoms with E-state index in [9.17, 15) is 5.11 Å². The van der Waals surface area contributed by atoms with Crippen LogP contribution in [0.2, 0.25) is 8.67 Å². The highest BCUT2D eigenvalue weighted by molar-refractivity contribution is 7.20. The summed E-state index contributed by atoms with van der Waals surface area (Å²) >= 11 is 13.0. The van der Waals surface area contributed by atoms with Gasteiger partial charge in [0.2, 0.25) is 0 Å². The van der Waals surface area contributed by atoms with Gasteiger partial charge < -0.3 is 5.11 Å². The maximum Gasteiger partial charge on any atom is 0.100 e. The fourth-order valence-electron chi connectivity index (χ4n) is 1.42. The largest absolute Gasteiger partial charge is 0.385 e. The number of hydrogen-bond acceptors (Lipinski definition) is 2. The number of rotatable bonds is 1. The van der Waals surface area contributed by atoms with Gasteiger partial charge in [-0.3, -0.25) is 0 Å². The SMILES string of the molecule is CC1CC1(O)c1cc(Cl)sc1Cl. The standard InChI is InChI=1S/C8H8Cl2OS/c1-4-3-8(4,11)5-2-6(9)12-7(5)10/h2,4,11H,3H2,1H3. The van der Waals surface area contributed by atoms with Crippen LogP contribution in [-0.2, 0) is 5.60 Å². The minimum absolute atomic E-state index is 0.306. The molecule has 12 heavy (non-hydrogen) atoms. The summed E-state index contributed by atoms with van der Waals surface area (Å²) in [5, 5.41) is 9.93. The molecule has 1 aliphatic carbocycles. The monoisotopic (exact) mass is 222 g/mol. The van der Waals surface area contributed by atoms with Gasteiger partial charge in [-0.15, -0.1) is 11.3 Å². The van der Waals surface area contributed by atoms with E-state index in [0.29, 0.717) is 14.6 Å². The molecule has 1 aliphatic rings. The molecule has 1 nitrogen and oxygen atoms in total. The van der Waals surface area contributed by atoms with Gasteiger partial charge in [0, 0.05) is 5.56 Å². The second-order valence-corrected chi connectivity index (χ2v) is 5.55. The summed E-state index contributed by atoms with van der Waals surface area (Å²) in [7, 11) is 0. The van der Waals surface area contributed by atoms with Crippen molar-refractivity contribution in [1.82, 2.24) is 0 Å². The Balaban J connectivity index is 2.41. The Kier molecular flexibility index (Phi) is 1.92. The lowest BCUT2D eigenvalue weighted by Crippen LogP contribution is -2.05. The Bertz CT molecular complexity index is 323. The first-order chi connectivity index (χ1) is 5.54. The summed E-state index contributed by atoms with van der Waals surface area (Å²) < 4.78 is 1.26. The zero-order valence-corrected chi connectivity index (χ0v) is 8.80. The Morgan fingerprint density at radius 2 is 2.25 bits per heavy atom. The normalized spacial score (nSPS) is 33.8. The summed E-state index contributed by atoms with van der Waals surface area (Å²) in [6, 6.07) is 1.76. The number of hydrogen-bond donors (Lipinski definition) is 1. The van der Waals surface area contributed by atoms with Crippen LogP contribution >= 0.6 is 34.5 Å². The summed E-state index contributed by atoms with van der Waals surface area (Å²) in [5.74, 6) is 0.306. The molecule has 0 aliphatic heterocycles. The van der Waals surface area contributed by atoms with Gasteiger partial charge >= 0.3 is 0 Å². The van der Waals surface area contributed by atoms with Crippen molar-refractivity contribution in [3.8, 4) is 0 Å². The average Bonchev–Trinajstić information content (AvgIpc) is 2.37. The van der Waals surface area contributed by atoms with Crippen molar-refractivity contribution in [2.75, 3.05) is 0 Å². The van der Waals surface area contributed by atoms with Crippen molar-refractivity contribution < 1.29 is 5.11 Å². The molecular formula is C8H8Cl2OS. The minimum atomic E-state index is -0.694. The van der Waals surface area contributed by atoms with Gasteiger partial charge in [-0.2, -0.15) is 0 Å². The molecule has 1 N–H and O–H groups in total. The molecule has 0 spiro atoms. The molecule has 2 atom stereocenters. The van der Waals surface area contributed by atoms with Crippen LogP contribution in [0, 0.1) is 5.92 Å². The minimum Gasteiger partial charge on any atom is -0.385 e. The first kappa shape index (κ1) is 8.82. The maximum atomic E-state index is 9.93. The van der Waals surface area contributed by atoms with Gasteiger partial charge in [0.15, 0.2) is 0 Å². The Hall–Kier alpha value is 0.240. The smallest absolute Gasteiger partial charge is 0.100 e. The summed E-state index contributed by atoms with van der Waals surface area (Å²) in [4.78, 5) is 0. The summed E-state index contributed by atoms with van der Waals surface area (Å²) in [5.41, 5.74) is 0.104. The second kappa shape index (κ2) is 2.61. The highest BCUT2D eigenvalue weighted by Crippen LogP contribution is 2.55. The first-order valence-corrected chi connectivity index (χ1v) is 5.29. The van der Waals surface area contributed by atoms with E-state index in [1.54, 1.807) is 6.07 Å². The van der Waals surface area contributed by atoms with Gasteiger partial charge in [-0.05, 0) is 18.4 Å². The third-order valence-corrected chi connectivity index (χ3v) is 3.88. The Labute approximate surface area is 84.9 Å². The molecule has 0 amide bonds. The molecule has 4 heteroatoms. The molecule has 0 bridgehead atoms. The van der Waals surface area contributed by atoms with Crippen molar-refractivity contribution in [2.45, 2.75) is 18.9 Å². The maximum absolute atomic E-state index is 9.93. The fraction of sp³-hybridized carbons (Fsp3) is 0.500. The molecule has 0 aromatic carbocycles. The van der Waals surface area contributed by atoms with E-state index in [1.165, 1.54) is 11.3 Å². The van der Waals surface area contributed by atoms with E-state index in [2.05, 4.69) is 0 Å². The van der Waals surface area contributed by atoms with Crippen LogP contribution in [0.5, 0.6) is 0 Å². The fourth-order valence-corrected chi connectivity index (χ4v) is 3.04. The molecule has 66 valence electrons. The Morgan fingerprint density at radius 3 is 2.58 bits per heavy atom. The molecule has 0 radical (unpaired) electrons. The molecule has 1 aromatic rings. The lowest BCUT2D eigenvalue weighted by molar-refractivity contribution is 0.135. The van der Waals surface area contributed by atoms with Crippen LogP contribution in [0.15, 0.2) is 6.07 Å². The van der Waals surface area contributed by atoms with Crippen molar-refractivity contribution >= 4 is 34.5 Å². The third-order valence-electron chi connectivity index (χ3n) is 2.40. The summed E-state index contributed by atoms with van der Waals surface area (Å²) in [6.07, 6.45) is 0.791. The van der Waals surface area contributed by atoms with E-state index < -0.39 is 5.60 Å². The van der Waals surface area contributed by atoms with Crippen molar-refractivity contribution in [3.05, 3.63) is 20.3 Å². The molecule has 1 heterocycles. The lowest BCUT2D eigenvalue weighted by atomic mass is 10.1. The molecule has 1 saturated carbocycles. The van der Waals surface area contributed by atoms with Gasteiger partial charge in [-0.25, -0.2) is 0 Å². The van der Waals surface area contributed by atoms with Crippen LogP contribution in [0.25, 0.3) is 0 Å². The van der Waals surface area contributed by atoms with Crippen LogP contribution in [-0.4, -0.2) is 5.11 Å². The van der Waals surface area contributed by atoms with E-state index >= 15 is 0 Å². The second-order valence-electron chi connectivity index (χ2n) is 3.27. The highest BCUT2D eigenvalue weighted by Gasteiger charge is 2.52. The van der Waals surface area contributed by atoms with Gasteiger partial charge in [0.1, 0.15) is 4.34 Å².